The van der Waals surface area contributed by atoms with Crippen molar-refractivity contribution in [3.05, 3.63) is 47.8 Å². The summed E-state index contributed by atoms with van der Waals surface area (Å²) in [5.74, 6) is 0.482. The topological polar surface area (TPSA) is 64.2 Å². The van der Waals surface area contributed by atoms with Crippen molar-refractivity contribution in [1.29, 1.82) is 0 Å². The Kier molecular flexibility index (Phi) is 4.48. The van der Waals surface area contributed by atoms with E-state index in [-0.39, 0.29) is 11.9 Å². The first-order valence-electron chi connectivity index (χ1n) is 8.29. The third-order valence-electron chi connectivity index (χ3n) is 4.69. The molecule has 1 saturated heterocycles. The van der Waals surface area contributed by atoms with Crippen LogP contribution in [0.3, 0.4) is 0 Å². The molecule has 5 nitrogen and oxygen atoms in total. The lowest BCUT2D eigenvalue weighted by atomic mass is 10.1. The number of nitrogens with zero attached hydrogens (tertiary/aromatic N) is 3. The molecule has 2 atom stereocenters. The number of carbonyl (C=O) groups is 1. The fraction of sp³-hybridized carbons (Fsp3) is 0.444. The number of likely N-dealkylation sites (tertiary alicyclic amines) is 1. The van der Waals surface area contributed by atoms with Crippen LogP contribution in [0, 0.1) is 5.92 Å². The molecule has 23 heavy (non-hydrogen) atoms. The predicted molar refractivity (Wildman–Crippen MR) is 90.6 cm³/mol. The predicted octanol–water partition coefficient (Wildman–Crippen LogP) is 2.24. The molecule has 2 N–H and O–H groups in total. The van der Waals surface area contributed by atoms with Gasteiger partial charge in [-0.15, -0.1) is 0 Å². The molecular formula is C18H24N4O. The van der Waals surface area contributed by atoms with E-state index in [2.05, 4.69) is 18.9 Å². The van der Waals surface area contributed by atoms with Crippen LogP contribution < -0.4 is 5.73 Å². The minimum Gasteiger partial charge on any atom is -0.335 e. The summed E-state index contributed by atoms with van der Waals surface area (Å²) in [6, 6.07) is 10.2. The van der Waals surface area contributed by atoms with Gasteiger partial charge in [0.15, 0.2) is 0 Å². The lowest BCUT2D eigenvalue weighted by molar-refractivity contribution is 0.0742. The number of rotatable bonds is 4. The fourth-order valence-electron chi connectivity index (χ4n) is 3.44. The highest BCUT2D eigenvalue weighted by Gasteiger charge is 2.33. The zero-order chi connectivity index (χ0) is 16.4. The van der Waals surface area contributed by atoms with Gasteiger partial charge < -0.3 is 10.6 Å². The van der Waals surface area contributed by atoms with Crippen molar-refractivity contribution < 1.29 is 4.79 Å². The molecule has 1 amide bonds. The van der Waals surface area contributed by atoms with Crippen LogP contribution in [0.25, 0.3) is 5.69 Å². The van der Waals surface area contributed by atoms with E-state index in [1.165, 1.54) is 0 Å². The summed E-state index contributed by atoms with van der Waals surface area (Å²) in [4.78, 5) is 14.9. The van der Waals surface area contributed by atoms with Crippen LogP contribution in [0.2, 0.25) is 0 Å². The van der Waals surface area contributed by atoms with Gasteiger partial charge in [-0.25, -0.2) is 4.68 Å². The Morgan fingerprint density at radius 3 is 2.70 bits per heavy atom. The molecule has 1 fully saturated rings. The zero-order valence-corrected chi connectivity index (χ0v) is 13.8. The number of hydrogen-bond donors (Lipinski definition) is 1. The maximum absolute atomic E-state index is 13.0. The Labute approximate surface area is 137 Å². The normalized spacial score (nSPS) is 20.9. The van der Waals surface area contributed by atoms with Gasteiger partial charge in [0.2, 0.25) is 0 Å². The van der Waals surface area contributed by atoms with Crippen molar-refractivity contribution in [3.8, 4) is 5.69 Å². The minimum atomic E-state index is 0.0764. The average molecular weight is 312 g/mol. The van der Waals surface area contributed by atoms with Crippen LogP contribution in [0.1, 0.15) is 36.3 Å². The number of nitrogens with two attached hydrogens (primary N) is 1. The molecule has 3 rings (SSSR count). The molecule has 1 aliphatic rings. The number of hydrogen-bond acceptors (Lipinski definition) is 3. The van der Waals surface area contributed by atoms with Crippen LogP contribution >= 0.6 is 0 Å². The summed E-state index contributed by atoms with van der Waals surface area (Å²) in [6.07, 6.45) is 3.45. The lowest BCUT2D eigenvalue weighted by Gasteiger charge is -2.21. The van der Waals surface area contributed by atoms with E-state index in [0.717, 1.165) is 30.8 Å². The van der Waals surface area contributed by atoms with Crippen molar-refractivity contribution in [2.75, 3.05) is 13.1 Å². The minimum absolute atomic E-state index is 0.0764. The molecule has 5 heteroatoms. The SMILES string of the molecule is CCc1c(C(=O)N2CC(CN)CC2C)cnn1-c1ccccc1. The van der Waals surface area contributed by atoms with Gasteiger partial charge in [-0.2, -0.15) is 5.10 Å². The first kappa shape index (κ1) is 15.7. The van der Waals surface area contributed by atoms with Gasteiger partial charge in [-0.3, -0.25) is 4.79 Å². The standard InChI is InChI=1S/C18H24N4O/c1-3-17-16(11-20-22(17)15-7-5-4-6-8-15)18(23)21-12-14(10-19)9-13(21)2/h4-8,11,13-14H,3,9-10,12,19H2,1-2H3. The molecule has 0 bridgehead atoms. The van der Waals surface area contributed by atoms with E-state index in [4.69, 9.17) is 5.73 Å². The zero-order valence-electron chi connectivity index (χ0n) is 13.8. The molecule has 0 radical (unpaired) electrons. The van der Waals surface area contributed by atoms with Gasteiger partial charge in [0.1, 0.15) is 0 Å². The number of para-hydroxylation sites is 1. The van der Waals surface area contributed by atoms with E-state index in [1.54, 1.807) is 6.20 Å². The maximum atomic E-state index is 13.0. The van der Waals surface area contributed by atoms with E-state index in [0.29, 0.717) is 18.0 Å². The Bertz CT molecular complexity index is 680. The van der Waals surface area contributed by atoms with Gasteiger partial charge in [0, 0.05) is 12.6 Å². The number of carbonyl (C=O) groups excluding carboxylic acids is 1. The molecule has 122 valence electrons. The monoisotopic (exact) mass is 312 g/mol. The first-order chi connectivity index (χ1) is 11.2. The third kappa shape index (κ3) is 2.88. The summed E-state index contributed by atoms with van der Waals surface area (Å²) in [6.45, 7) is 5.54. The molecule has 1 aliphatic heterocycles. The van der Waals surface area contributed by atoms with Gasteiger partial charge >= 0.3 is 0 Å². The molecule has 2 aromatic rings. The highest BCUT2D eigenvalue weighted by atomic mass is 16.2. The van der Waals surface area contributed by atoms with E-state index >= 15 is 0 Å². The second-order valence-corrected chi connectivity index (χ2v) is 6.25. The highest BCUT2D eigenvalue weighted by molar-refractivity contribution is 5.95. The summed E-state index contributed by atoms with van der Waals surface area (Å²) < 4.78 is 1.87. The van der Waals surface area contributed by atoms with Crippen LogP contribution in [0.4, 0.5) is 0 Å². The van der Waals surface area contributed by atoms with E-state index in [1.807, 2.05) is 39.9 Å². The molecule has 2 heterocycles. The van der Waals surface area contributed by atoms with Crippen LogP contribution in [-0.2, 0) is 6.42 Å². The van der Waals surface area contributed by atoms with Gasteiger partial charge in [0.05, 0.1) is 23.1 Å². The van der Waals surface area contributed by atoms with Crippen LogP contribution in [0.15, 0.2) is 36.5 Å². The number of aromatic nitrogens is 2. The molecule has 1 aromatic carbocycles. The maximum Gasteiger partial charge on any atom is 0.257 e. The molecule has 0 spiro atoms. The van der Waals surface area contributed by atoms with Gasteiger partial charge in [-0.05, 0) is 44.4 Å². The van der Waals surface area contributed by atoms with Gasteiger partial charge in [0.25, 0.3) is 5.91 Å². The molecular weight excluding hydrogens is 288 g/mol. The van der Waals surface area contributed by atoms with Crippen molar-refractivity contribution >= 4 is 5.91 Å². The highest BCUT2D eigenvalue weighted by Crippen LogP contribution is 2.26. The van der Waals surface area contributed by atoms with Gasteiger partial charge in [-0.1, -0.05) is 25.1 Å². The first-order valence-corrected chi connectivity index (χ1v) is 8.29. The van der Waals surface area contributed by atoms with Crippen molar-refractivity contribution in [2.45, 2.75) is 32.7 Å². The lowest BCUT2D eigenvalue weighted by Crippen LogP contribution is -2.34. The Hall–Kier alpha value is -2.14. The molecule has 0 saturated carbocycles. The summed E-state index contributed by atoms with van der Waals surface area (Å²) in [5, 5.41) is 4.46. The van der Waals surface area contributed by atoms with Crippen molar-refractivity contribution in [2.24, 2.45) is 11.7 Å². The quantitative estimate of drug-likeness (QED) is 0.941. The van der Waals surface area contributed by atoms with Crippen molar-refractivity contribution in [3.63, 3.8) is 0 Å². The number of amides is 1. The Morgan fingerprint density at radius 1 is 1.35 bits per heavy atom. The van der Waals surface area contributed by atoms with Crippen LogP contribution in [0.5, 0.6) is 0 Å². The second kappa shape index (κ2) is 6.54. The average Bonchev–Trinajstić information content (AvgIpc) is 3.18. The summed E-state index contributed by atoms with van der Waals surface area (Å²) in [5.41, 5.74) is 8.43. The van der Waals surface area contributed by atoms with E-state index in [9.17, 15) is 4.79 Å². The summed E-state index contributed by atoms with van der Waals surface area (Å²) in [7, 11) is 0. The Balaban J connectivity index is 1.92. The molecule has 2 unspecified atom stereocenters. The summed E-state index contributed by atoms with van der Waals surface area (Å²) >= 11 is 0. The molecule has 1 aromatic heterocycles. The number of benzene rings is 1. The smallest absolute Gasteiger partial charge is 0.257 e. The fourth-order valence-corrected chi connectivity index (χ4v) is 3.44. The third-order valence-corrected chi connectivity index (χ3v) is 4.69. The largest absolute Gasteiger partial charge is 0.335 e. The van der Waals surface area contributed by atoms with E-state index < -0.39 is 0 Å². The Morgan fingerprint density at radius 2 is 2.09 bits per heavy atom. The second-order valence-electron chi connectivity index (χ2n) is 6.25. The van der Waals surface area contributed by atoms with Crippen molar-refractivity contribution in [1.82, 2.24) is 14.7 Å². The molecule has 0 aliphatic carbocycles. The van der Waals surface area contributed by atoms with Crippen LogP contribution in [-0.4, -0.2) is 39.7 Å².